The van der Waals surface area contributed by atoms with Crippen LogP contribution in [0.3, 0.4) is 0 Å². The number of Topliss-reactive ketones (excluding diaryl/α,β-unsaturated/α-hetero) is 1. The Bertz CT molecular complexity index is 1100. The molecule has 0 atom stereocenters. The number of pyridine rings is 1. The molecule has 4 aromatic rings. The van der Waals surface area contributed by atoms with Gasteiger partial charge in [-0.05, 0) is 36.4 Å². The van der Waals surface area contributed by atoms with E-state index < -0.39 is 0 Å². The first-order chi connectivity index (χ1) is 13.7. The number of nitrogens with one attached hydrogen (secondary N) is 1. The molecule has 1 N–H and O–H groups in total. The first-order valence-electron chi connectivity index (χ1n) is 8.67. The van der Waals surface area contributed by atoms with Crippen molar-refractivity contribution in [3.8, 4) is 17.0 Å². The number of hydrogen-bond donors (Lipinski definition) is 1. The molecule has 29 heavy (non-hydrogen) atoms. The number of H-pyrrole nitrogens is 1. The van der Waals surface area contributed by atoms with Gasteiger partial charge in [-0.15, -0.1) is 11.3 Å². The van der Waals surface area contributed by atoms with Crippen molar-refractivity contribution in [2.45, 2.75) is 13.2 Å². The van der Waals surface area contributed by atoms with Crippen LogP contribution in [0, 0.1) is 0 Å². The van der Waals surface area contributed by atoms with Crippen LogP contribution in [0.5, 0.6) is 5.75 Å². The summed E-state index contributed by atoms with van der Waals surface area (Å²) in [5.41, 5.74) is 2.59. The first-order valence-corrected chi connectivity index (χ1v) is 9.87. The lowest BCUT2D eigenvalue weighted by Gasteiger charge is -2.02. The minimum atomic E-state index is 0. The highest BCUT2D eigenvalue weighted by Gasteiger charge is 2.16. The summed E-state index contributed by atoms with van der Waals surface area (Å²) >= 11 is 7.21. The van der Waals surface area contributed by atoms with Crippen LogP contribution in [0.15, 0.2) is 73.1 Å². The molecular weight excluding hydrogens is 474 g/mol. The lowest BCUT2D eigenvalue weighted by atomic mass is 10.2. The van der Waals surface area contributed by atoms with Gasteiger partial charge in [-0.2, -0.15) is 9.67 Å². The maximum Gasteiger partial charge on any atom is 0.237 e. The van der Waals surface area contributed by atoms with Gasteiger partial charge in [0.25, 0.3) is 0 Å². The fourth-order valence-corrected chi connectivity index (χ4v) is 3.71. The molecular formula is C21H17BrClN3O2S. The van der Waals surface area contributed by atoms with E-state index in [0.717, 1.165) is 22.7 Å². The maximum atomic E-state index is 12.4. The van der Waals surface area contributed by atoms with Crippen LogP contribution in [0.1, 0.15) is 15.4 Å². The molecule has 3 aromatic heterocycles. The van der Waals surface area contributed by atoms with Crippen molar-refractivity contribution in [3.05, 3.63) is 88.0 Å². The first kappa shape index (κ1) is 21.2. The molecule has 0 saturated heterocycles. The van der Waals surface area contributed by atoms with Gasteiger partial charge in [0.1, 0.15) is 12.4 Å². The van der Waals surface area contributed by atoms with Crippen molar-refractivity contribution in [1.82, 2.24) is 10.2 Å². The number of carbonyl (C=O) groups is 1. The van der Waals surface area contributed by atoms with E-state index in [1.165, 1.54) is 11.3 Å². The summed E-state index contributed by atoms with van der Waals surface area (Å²) in [5.74, 6) is 0.835. The summed E-state index contributed by atoms with van der Waals surface area (Å²) in [6, 6.07) is 18.9. The van der Waals surface area contributed by atoms with E-state index >= 15 is 0 Å². The minimum Gasteiger partial charge on any atom is -1.00 e. The van der Waals surface area contributed by atoms with Crippen LogP contribution in [-0.2, 0) is 13.2 Å². The Hall–Kier alpha value is -2.48. The van der Waals surface area contributed by atoms with E-state index in [1.54, 1.807) is 12.1 Å². The molecule has 0 aliphatic heterocycles. The number of nitrogens with zero attached hydrogens (tertiary/aromatic N) is 2. The average Bonchev–Trinajstić information content (AvgIpc) is 3.37. The third-order valence-electron chi connectivity index (χ3n) is 4.10. The van der Waals surface area contributed by atoms with Crippen molar-refractivity contribution in [2.75, 3.05) is 0 Å². The Morgan fingerprint density at radius 3 is 2.72 bits per heavy atom. The number of aromatic nitrogens is 3. The predicted molar refractivity (Wildman–Crippen MR) is 109 cm³/mol. The van der Waals surface area contributed by atoms with Gasteiger partial charge in [0.2, 0.25) is 12.3 Å². The number of benzene rings is 1. The van der Waals surface area contributed by atoms with Gasteiger partial charge >= 0.3 is 0 Å². The molecule has 148 valence electrons. The predicted octanol–water partition coefficient (Wildman–Crippen LogP) is 1.54. The standard InChI is InChI=1S/C21H17ClN3O2S.BrH/c22-21-9-8-20(28-21)19(26)13-25-10-4-5-15(12-25)18-11-16(23-24-18)14-27-17-6-2-1-3-7-17;/h1-12H,13-14H2,(H,23,24);1H/q+1;/p-1. The second-order valence-corrected chi connectivity index (χ2v) is 7.89. The van der Waals surface area contributed by atoms with Crippen LogP contribution < -0.4 is 26.3 Å². The molecule has 0 spiro atoms. The summed E-state index contributed by atoms with van der Waals surface area (Å²) in [4.78, 5) is 13.0. The van der Waals surface area contributed by atoms with Crippen LogP contribution in [-0.4, -0.2) is 16.0 Å². The quantitative estimate of drug-likeness (QED) is 0.316. The van der Waals surface area contributed by atoms with Crippen LogP contribution >= 0.6 is 22.9 Å². The molecule has 1 aromatic carbocycles. The monoisotopic (exact) mass is 489 g/mol. The number of rotatable bonds is 7. The average molecular weight is 491 g/mol. The van der Waals surface area contributed by atoms with E-state index in [2.05, 4.69) is 10.2 Å². The molecule has 5 nitrogen and oxygen atoms in total. The van der Waals surface area contributed by atoms with Crippen LogP contribution in [0.4, 0.5) is 0 Å². The molecule has 8 heteroatoms. The van der Waals surface area contributed by atoms with Gasteiger partial charge in [0, 0.05) is 6.07 Å². The SMILES string of the molecule is O=C(C[n+]1cccc(-c2cc(COc3ccccc3)[nH]n2)c1)c1ccc(Cl)s1.[Br-]. The minimum absolute atomic E-state index is 0. The van der Waals surface area contributed by atoms with E-state index in [0.29, 0.717) is 15.8 Å². The van der Waals surface area contributed by atoms with Gasteiger partial charge in [0.05, 0.1) is 26.2 Å². The number of aromatic amines is 1. The molecule has 0 unspecified atom stereocenters. The molecule has 0 fully saturated rings. The smallest absolute Gasteiger partial charge is 0.237 e. The van der Waals surface area contributed by atoms with Crippen LogP contribution in [0.2, 0.25) is 4.34 Å². The molecule has 0 aliphatic rings. The zero-order valence-corrected chi connectivity index (χ0v) is 18.4. The van der Waals surface area contributed by atoms with E-state index in [4.69, 9.17) is 16.3 Å². The van der Waals surface area contributed by atoms with Crippen LogP contribution in [0.25, 0.3) is 11.3 Å². The van der Waals surface area contributed by atoms with Gasteiger partial charge in [0.15, 0.2) is 12.4 Å². The molecule has 4 rings (SSSR count). The number of para-hydroxylation sites is 1. The van der Waals surface area contributed by atoms with Gasteiger partial charge in [-0.3, -0.25) is 9.89 Å². The number of ketones is 1. The Balaban J connectivity index is 0.00000240. The fraction of sp³-hybridized carbons (Fsp3) is 0.0952. The molecule has 0 bridgehead atoms. The molecule has 0 radical (unpaired) electrons. The van der Waals surface area contributed by atoms with Crippen molar-refractivity contribution in [2.24, 2.45) is 0 Å². The normalized spacial score (nSPS) is 10.4. The second-order valence-electron chi connectivity index (χ2n) is 6.17. The van der Waals surface area contributed by atoms with Gasteiger partial charge in [-0.25, -0.2) is 0 Å². The fourth-order valence-electron chi connectivity index (χ4n) is 2.74. The highest BCUT2D eigenvalue weighted by molar-refractivity contribution is 7.18. The van der Waals surface area contributed by atoms with Crippen molar-refractivity contribution in [3.63, 3.8) is 0 Å². The Morgan fingerprint density at radius 1 is 1.14 bits per heavy atom. The zero-order chi connectivity index (χ0) is 19.3. The molecule has 0 aliphatic carbocycles. The largest absolute Gasteiger partial charge is 1.00 e. The lowest BCUT2D eigenvalue weighted by molar-refractivity contribution is -0.682. The number of ether oxygens (including phenoxy) is 1. The number of carbonyl (C=O) groups excluding carboxylic acids is 1. The molecule has 3 heterocycles. The van der Waals surface area contributed by atoms with Crippen molar-refractivity contribution >= 4 is 28.7 Å². The topological polar surface area (TPSA) is 58.9 Å². The Labute approximate surface area is 187 Å². The summed E-state index contributed by atoms with van der Waals surface area (Å²) in [6.45, 7) is 0.653. The summed E-state index contributed by atoms with van der Waals surface area (Å²) < 4.78 is 8.20. The summed E-state index contributed by atoms with van der Waals surface area (Å²) in [6.07, 6.45) is 3.77. The Kier molecular flexibility index (Phi) is 7.19. The molecule has 0 amide bonds. The third kappa shape index (κ3) is 5.53. The van der Waals surface area contributed by atoms with Gasteiger partial charge < -0.3 is 21.7 Å². The highest BCUT2D eigenvalue weighted by atomic mass is 79.9. The van der Waals surface area contributed by atoms with E-state index in [-0.39, 0.29) is 29.3 Å². The number of hydrogen-bond acceptors (Lipinski definition) is 4. The lowest BCUT2D eigenvalue weighted by Crippen LogP contribution is -3.00. The zero-order valence-electron chi connectivity index (χ0n) is 15.2. The summed E-state index contributed by atoms with van der Waals surface area (Å²) in [7, 11) is 0. The van der Waals surface area contributed by atoms with Gasteiger partial charge in [-0.1, -0.05) is 29.8 Å². The van der Waals surface area contributed by atoms with E-state index in [1.807, 2.05) is 65.5 Å². The van der Waals surface area contributed by atoms with E-state index in [9.17, 15) is 4.79 Å². The summed E-state index contributed by atoms with van der Waals surface area (Å²) in [5, 5.41) is 7.36. The number of halogens is 2. The Morgan fingerprint density at radius 2 is 1.97 bits per heavy atom. The second kappa shape index (κ2) is 9.82. The third-order valence-corrected chi connectivity index (χ3v) is 5.37. The molecule has 0 saturated carbocycles. The maximum absolute atomic E-state index is 12.4. The van der Waals surface area contributed by atoms with Crippen molar-refractivity contribution < 1.29 is 31.1 Å². The number of thiophene rings is 1. The highest BCUT2D eigenvalue weighted by Crippen LogP contribution is 2.22. The van der Waals surface area contributed by atoms with Crippen molar-refractivity contribution in [1.29, 1.82) is 0 Å².